The van der Waals surface area contributed by atoms with Gasteiger partial charge in [-0.1, -0.05) is 0 Å². The summed E-state index contributed by atoms with van der Waals surface area (Å²) in [7, 11) is -2.84. The molecule has 2 aliphatic rings. The van der Waals surface area contributed by atoms with Gasteiger partial charge in [-0.05, 0) is 40.0 Å². The van der Waals surface area contributed by atoms with Crippen LogP contribution in [0.4, 0.5) is 0 Å². The molecular formula is C15H24N2O2S2. The Morgan fingerprint density at radius 3 is 2.48 bits per heavy atom. The van der Waals surface area contributed by atoms with Crippen LogP contribution in [0.2, 0.25) is 0 Å². The fourth-order valence-electron chi connectivity index (χ4n) is 2.69. The van der Waals surface area contributed by atoms with Crippen molar-refractivity contribution < 1.29 is 8.42 Å². The summed E-state index contributed by atoms with van der Waals surface area (Å²) in [5.74, 6) is 1.35. The van der Waals surface area contributed by atoms with E-state index in [1.165, 1.54) is 23.4 Å². The van der Waals surface area contributed by atoms with Gasteiger partial charge in [0, 0.05) is 28.8 Å². The molecule has 6 heteroatoms. The summed E-state index contributed by atoms with van der Waals surface area (Å²) in [5, 5.41) is 4.58. The zero-order valence-corrected chi connectivity index (χ0v) is 14.6. The van der Waals surface area contributed by atoms with Crippen molar-refractivity contribution >= 4 is 21.2 Å². The van der Waals surface area contributed by atoms with Crippen molar-refractivity contribution in [3.8, 4) is 0 Å². The van der Waals surface area contributed by atoms with Crippen LogP contribution in [0.3, 0.4) is 0 Å². The zero-order chi connectivity index (χ0) is 15.3. The number of hydrogen-bond acceptors (Lipinski definition) is 5. The van der Waals surface area contributed by atoms with E-state index in [2.05, 4.69) is 26.1 Å². The molecule has 3 rings (SSSR count). The minimum atomic E-state index is -2.84. The van der Waals surface area contributed by atoms with Crippen LogP contribution in [0.5, 0.6) is 0 Å². The number of thiazole rings is 1. The van der Waals surface area contributed by atoms with Gasteiger partial charge in [0.05, 0.1) is 22.2 Å². The lowest BCUT2D eigenvalue weighted by Crippen LogP contribution is -2.35. The molecule has 0 amide bonds. The van der Waals surface area contributed by atoms with Crippen LogP contribution in [0.25, 0.3) is 0 Å². The van der Waals surface area contributed by atoms with Gasteiger partial charge >= 0.3 is 0 Å². The molecule has 1 aliphatic carbocycles. The highest BCUT2D eigenvalue weighted by Crippen LogP contribution is 2.44. The molecule has 21 heavy (non-hydrogen) atoms. The summed E-state index contributed by atoms with van der Waals surface area (Å²) >= 11 is 1.73. The predicted octanol–water partition coefficient (Wildman–Crippen LogP) is 2.81. The van der Waals surface area contributed by atoms with Gasteiger partial charge in [-0.15, -0.1) is 11.3 Å². The van der Waals surface area contributed by atoms with Crippen molar-refractivity contribution in [2.45, 2.75) is 64.0 Å². The van der Waals surface area contributed by atoms with Gasteiger partial charge in [0.1, 0.15) is 0 Å². The normalized spacial score (nSPS) is 25.4. The molecule has 1 atom stereocenters. The second-order valence-corrected chi connectivity index (χ2v) is 10.7. The second-order valence-electron chi connectivity index (χ2n) is 7.34. The van der Waals surface area contributed by atoms with Gasteiger partial charge in [0.2, 0.25) is 0 Å². The molecule has 2 heterocycles. The Kier molecular flexibility index (Phi) is 3.91. The van der Waals surface area contributed by atoms with Gasteiger partial charge < -0.3 is 5.32 Å². The van der Waals surface area contributed by atoms with E-state index in [0.717, 1.165) is 18.0 Å². The number of nitrogens with one attached hydrogen (secondary N) is 1. The molecule has 1 saturated carbocycles. The number of sulfone groups is 1. The Balaban J connectivity index is 1.80. The minimum Gasteiger partial charge on any atom is -0.307 e. The van der Waals surface area contributed by atoms with Crippen molar-refractivity contribution in [2.75, 3.05) is 11.5 Å². The number of hydrogen-bond donors (Lipinski definition) is 1. The SMILES string of the molecule is CC(C)(C)NCc1sc(C2CCS(=O)(=O)C2)nc1C1CC1. The fraction of sp³-hybridized carbons (Fsp3) is 0.800. The Hall–Kier alpha value is -0.460. The molecule has 1 unspecified atom stereocenters. The maximum Gasteiger partial charge on any atom is 0.151 e. The second kappa shape index (κ2) is 5.32. The number of aromatic nitrogens is 1. The van der Waals surface area contributed by atoms with Gasteiger partial charge in [-0.3, -0.25) is 0 Å². The summed E-state index contributed by atoms with van der Waals surface area (Å²) in [5.41, 5.74) is 1.32. The molecule has 0 bridgehead atoms. The van der Waals surface area contributed by atoms with E-state index >= 15 is 0 Å². The molecule has 0 radical (unpaired) electrons. The van der Waals surface area contributed by atoms with Gasteiger partial charge in [0.15, 0.2) is 9.84 Å². The van der Waals surface area contributed by atoms with Crippen LogP contribution < -0.4 is 5.32 Å². The minimum absolute atomic E-state index is 0.0850. The Bertz CT molecular complexity index is 625. The molecule has 1 aromatic rings. The van der Waals surface area contributed by atoms with E-state index in [4.69, 9.17) is 4.98 Å². The molecule has 118 valence electrons. The standard InChI is InChI=1S/C15H24N2O2S2/c1-15(2,3)16-8-12-13(10-4-5-10)17-14(20-12)11-6-7-21(18,19)9-11/h10-11,16H,4-9H2,1-3H3. The van der Waals surface area contributed by atoms with Crippen molar-refractivity contribution in [2.24, 2.45) is 0 Å². The highest BCUT2D eigenvalue weighted by atomic mass is 32.2. The lowest BCUT2D eigenvalue weighted by atomic mass is 10.1. The smallest absolute Gasteiger partial charge is 0.151 e. The number of nitrogens with zero attached hydrogens (tertiary/aromatic N) is 1. The first-order valence-electron chi connectivity index (χ1n) is 7.68. The quantitative estimate of drug-likeness (QED) is 0.923. The first-order valence-corrected chi connectivity index (χ1v) is 10.3. The predicted molar refractivity (Wildman–Crippen MR) is 86.7 cm³/mol. The monoisotopic (exact) mass is 328 g/mol. The highest BCUT2D eigenvalue weighted by molar-refractivity contribution is 7.91. The maximum absolute atomic E-state index is 11.7. The summed E-state index contributed by atoms with van der Waals surface area (Å²) < 4.78 is 23.3. The van der Waals surface area contributed by atoms with E-state index in [1.807, 2.05) is 0 Å². The van der Waals surface area contributed by atoms with Crippen LogP contribution in [0.1, 0.15) is 67.4 Å². The summed E-state index contributed by atoms with van der Waals surface area (Å²) in [4.78, 5) is 6.15. The Labute approximate surface area is 131 Å². The molecule has 0 spiro atoms. The molecular weight excluding hydrogens is 304 g/mol. The largest absolute Gasteiger partial charge is 0.307 e. The van der Waals surface area contributed by atoms with E-state index in [1.54, 1.807) is 11.3 Å². The van der Waals surface area contributed by atoms with E-state index in [-0.39, 0.29) is 17.2 Å². The molecule has 1 saturated heterocycles. The fourth-order valence-corrected chi connectivity index (χ4v) is 5.77. The van der Waals surface area contributed by atoms with E-state index in [9.17, 15) is 8.42 Å². The molecule has 2 fully saturated rings. The average molecular weight is 329 g/mol. The topological polar surface area (TPSA) is 59.1 Å². The molecule has 4 nitrogen and oxygen atoms in total. The zero-order valence-electron chi connectivity index (χ0n) is 13.0. The van der Waals surface area contributed by atoms with Crippen molar-refractivity contribution in [1.82, 2.24) is 10.3 Å². The third-order valence-electron chi connectivity index (χ3n) is 4.07. The van der Waals surface area contributed by atoms with Crippen LogP contribution in [-0.4, -0.2) is 30.4 Å². The number of rotatable bonds is 4. The van der Waals surface area contributed by atoms with Gasteiger partial charge in [-0.25, -0.2) is 13.4 Å². The van der Waals surface area contributed by atoms with Crippen molar-refractivity contribution in [3.63, 3.8) is 0 Å². The van der Waals surface area contributed by atoms with Crippen molar-refractivity contribution in [3.05, 3.63) is 15.6 Å². The summed E-state index contributed by atoms with van der Waals surface area (Å²) in [6.45, 7) is 7.33. The molecule has 1 aliphatic heterocycles. The molecule has 1 N–H and O–H groups in total. The first-order chi connectivity index (χ1) is 9.73. The summed E-state index contributed by atoms with van der Waals surface area (Å²) in [6.07, 6.45) is 3.20. The van der Waals surface area contributed by atoms with Gasteiger partial charge in [-0.2, -0.15) is 0 Å². The van der Waals surface area contributed by atoms with E-state index in [0.29, 0.717) is 11.7 Å². The van der Waals surface area contributed by atoms with Gasteiger partial charge in [0.25, 0.3) is 0 Å². The third-order valence-corrected chi connectivity index (χ3v) is 7.07. The van der Waals surface area contributed by atoms with Crippen LogP contribution in [0, 0.1) is 0 Å². The summed E-state index contributed by atoms with van der Waals surface area (Å²) in [6, 6.07) is 0. The maximum atomic E-state index is 11.7. The molecule has 0 aromatic carbocycles. The lowest BCUT2D eigenvalue weighted by Gasteiger charge is -2.20. The highest BCUT2D eigenvalue weighted by Gasteiger charge is 2.35. The lowest BCUT2D eigenvalue weighted by molar-refractivity contribution is 0.425. The Morgan fingerprint density at radius 2 is 1.95 bits per heavy atom. The first kappa shape index (κ1) is 15.4. The molecule has 1 aromatic heterocycles. The van der Waals surface area contributed by atoms with Crippen LogP contribution in [0.15, 0.2) is 0 Å². The average Bonchev–Trinajstić information content (AvgIpc) is 3.01. The third kappa shape index (κ3) is 3.85. The van der Waals surface area contributed by atoms with E-state index < -0.39 is 9.84 Å². The van der Waals surface area contributed by atoms with Crippen molar-refractivity contribution in [1.29, 1.82) is 0 Å². The van der Waals surface area contributed by atoms with Crippen LogP contribution >= 0.6 is 11.3 Å². The Morgan fingerprint density at radius 1 is 1.24 bits per heavy atom. The van der Waals surface area contributed by atoms with Crippen LogP contribution in [-0.2, 0) is 16.4 Å².